The molecule has 0 radical (unpaired) electrons. The zero-order valence-corrected chi connectivity index (χ0v) is 7.34. The van der Waals surface area contributed by atoms with Crippen LogP contribution in [0.4, 0.5) is 0 Å². The Kier molecular flexibility index (Phi) is 4.18. The van der Waals surface area contributed by atoms with Crippen molar-refractivity contribution in [3.8, 4) is 0 Å². The van der Waals surface area contributed by atoms with Crippen molar-refractivity contribution in [3.63, 3.8) is 0 Å². The van der Waals surface area contributed by atoms with E-state index in [-0.39, 0.29) is 5.97 Å². The predicted octanol–water partition coefficient (Wildman–Crippen LogP) is 1.54. The number of aliphatic imine (C=N–C) groups is 1. The van der Waals surface area contributed by atoms with Crippen LogP contribution in [0.25, 0.3) is 0 Å². The SMILES string of the molecule is CC=N/C(C)=C(/C)C(=O)OC. The number of ether oxygens (including phenoxy) is 1. The van der Waals surface area contributed by atoms with Gasteiger partial charge in [-0.05, 0) is 20.8 Å². The Morgan fingerprint density at radius 3 is 2.36 bits per heavy atom. The molecule has 0 saturated heterocycles. The largest absolute Gasteiger partial charge is 0.466 e. The number of methoxy groups -OCH3 is 1. The van der Waals surface area contributed by atoms with Gasteiger partial charge in [0.05, 0.1) is 12.7 Å². The van der Waals surface area contributed by atoms with Gasteiger partial charge in [0.25, 0.3) is 0 Å². The van der Waals surface area contributed by atoms with Crippen LogP contribution < -0.4 is 0 Å². The molecule has 3 nitrogen and oxygen atoms in total. The average Bonchev–Trinajstić information content (AvgIpc) is 2.02. The molecule has 0 aliphatic rings. The molecule has 11 heavy (non-hydrogen) atoms. The summed E-state index contributed by atoms with van der Waals surface area (Å²) in [5, 5.41) is 0. The molecule has 0 aromatic heterocycles. The summed E-state index contributed by atoms with van der Waals surface area (Å²) in [6.07, 6.45) is 1.64. The third kappa shape index (κ3) is 2.98. The lowest BCUT2D eigenvalue weighted by molar-refractivity contribution is -0.136. The van der Waals surface area contributed by atoms with Gasteiger partial charge in [0.1, 0.15) is 0 Å². The summed E-state index contributed by atoms with van der Waals surface area (Å²) in [7, 11) is 1.36. The van der Waals surface area contributed by atoms with Crippen LogP contribution in [0.5, 0.6) is 0 Å². The molecule has 0 aliphatic heterocycles. The third-order valence-electron chi connectivity index (χ3n) is 1.36. The minimum Gasteiger partial charge on any atom is -0.466 e. The Morgan fingerprint density at radius 1 is 1.45 bits per heavy atom. The molecule has 0 rings (SSSR count). The van der Waals surface area contributed by atoms with E-state index < -0.39 is 0 Å². The zero-order chi connectivity index (χ0) is 8.85. The molecule has 0 bridgehead atoms. The topological polar surface area (TPSA) is 38.7 Å². The number of carbonyl (C=O) groups is 1. The Balaban J connectivity index is 4.51. The molecule has 0 aromatic carbocycles. The van der Waals surface area contributed by atoms with Crippen LogP contribution in [0.3, 0.4) is 0 Å². The van der Waals surface area contributed by atoms with Crippen LogP contribution in [0.15, 0.2) is 16.3 Å². The second-order valence-electron chi connectivity index (χ2n) is 2.09. The second kappa shape index (κ2) is 4.66. The summed E-state index contributed by atoms with van der Waals surface area (Å²) < 4.78 is 4.51. The lowest BCUT2D eigenvalue weighted by atomic mass is 10.2. The number of hydrogen-bond acceptors (Lipinski definition) is 3. The van der Waals surface area contributed by atoms with Crippen LogP contribution in [0, 0.1) is 0 Å². The van der Waals surface area contributed by atoms with Crippen LogP contribution in [-0.4, -0.2) is 19.3 Å². The van der Waals surface area contributed by atoms with E-state index >= 15 is 0 Å². The Morgan fingerprint density at radius 2 is 2.00 bits per heavy atom. The van der Waals surface area contributed by atoms with E-state index in [0.29, 0.717) is 11.3 Å². The number of esters is 1. The van der Waals surface area contributed by atoms with E-state index in [2.05, 4.69) is 9.73 Å². The van der Waals surface area contributed by atoms with E-state index in [1.54, 1.807) is 27.0 Å². The minimum absolute atomic E-state index is 0.326. The lowest BCUT2D eigenvalue weighted by Gasteiger charge is -1.99. The number of hydrogen-bond donors (Lipinski definition) is 0. The van der Waals surface area contributed by atoms with Crippen molar-refractivity contribution in [2.24, 2.45) is 4.99 Å². The van der Waals surface area contributed by atoms with Gasteiger partial charge in [0.2, 0.25) is 0 Å². The maximum Gasteiger partial charge on any atom is 0.335 e. The van der Waals surface area contributed by atoms with Gasteiger partial charge in [-0.2, -0.15) is 0 Å². The first-order chi connectivity index (χ1) is 5.13. The van der Waals surface area contributed by atoms with Crippen molar-refractivity contribution in [3.05, 3.63) is 11.3 Å². The van der Waals surface area contributed by atoms with Crippen LogP contribution in [0.1, 0.15) is 20.8 Å². The molecule has 0 amide bonds. The van der Waals surface area contributed by atoms with Crippen LogP contribution >= 0.6 is 0 Å². The predicted molar refractivity (Wildman–Crippen MR) is 44.6 cm³/mol. The summed E-state index contributed by atoms with van der Waals surface area (Å²) in [5.41, 5.74) is 1.24. The first-order valence-corrected chi connectivity index (χ1v) is 3.38. The minimum atomic E-state index is -0.326. The Hall–Kier alpha value is -1.12. The van der Waals surface area contributed by atoms with E-state index in [4.69, 9.17) is 0 Å². The van der Waals surface area contributed by atoms with Crippen molar-refractivity contribution in [2.45, 2.75) is 20.8 Å². The number of allylic oxidation sites excluding steroid dienone is 1. The standard InChI is InChI=1S/C8H13NO2/c1-5-9-7(3)6(2)8(10)11-4/h5H,1-4H3/b7-6-,9-5?. The fraction of sp³-hybridized carbons (Fsp3) is 0.500. The summed E-state index contributed by atoms with van der Waals surface area (Å²) in [6.45, 7) is 5.26. The highest BCUT2D eigenvalue weighted by atomic mass is 16.5. The Bertz CT molecular complexity index is 204. The van der Waals surface area contributed by atoms with Crippen molar-refractivity contribution in [2.75, 3.05) is 7.11 Å². The molecule has 0 spiro atoms. The third-order valence-corrected chi connectivity index (χ3v) is 1.36. The summed E-state index contributed by atoms with van der Waals surface area (Å²) in [6, 6.07) is 0. The highest BCUT2D eigenvalue weighted by Gasteiger charge is 2.05. The maximum atomic E-state index is 10.9. The van der Waals surface area contributed by atoms with Crippen LogP contribution in [-0.2, 0) is 9.53 Å². The van der Waals surface area contributed by atoms with Gasteiger partial charge in [-0.1, -0.05) is 0 Å². The molecule has 0 N–H and O–H groups in total. The fourth-order valence-electron chi connectivity index (χ4n) is 0.591. The highest BCUT2D eigenvalue weighted by molar-refractivity contribution is 5.88. The average molecular weight is 155 g/mol. The zero-order valence-electron chi connectivity index (χ0n) is 7.34. The molecule has 0 atom stereocenters. The van der Waals surface area contributed by atoms with Gasteiger partial charge < -0.3 is 4.74 Å². The lowest BCUT2D eigenvalue weighted by Crippen LogP contribution is -2.03. The first-order valence-electron chi connectivity index (χ1n) is 3.38. The van der Waals surface area contributed by atoms with Gasteiger partial charge >= 0.3 is 5.97 Å². The summed E-state index contributed by atoms with van der Waals surface area (Å²) in [5.74, 6) is -0.326. The maximum absolute atomic E-state index is 10.9. The number of nitrogens with zero attached hydrogens (tertiary/aromatic N) is 1. The Labute approximate surface area is 66.8 Å². The van der Waals surface area contributed by atoms with Crippen molar-refractivity contribution >= 4 is 12.2 Å². The van der Waals surface area contributed by atoms with Crippen LogP contribution in [0.2, 0.25) is 0 Å². The fourth-order valence-corrected chi connectivity index (χ4v) is 0.591. The van der Waals surface area contributed by atoms with E-state index in [1.807, 2.05) is 0 Å². The number of rotatable bonds is 2. The normalized spacial score (nSPS) is 13.1. The van der Waals surface area contributed by atoms with Crippen molar-refractivity contribution < 1.29 is 9.53 Å². The molecule has 0 fully saturated rings. The number of carbonyl (C=O) groups excluding carboxylic acids is 1. The van der Waals surface area contributed by atoms with E-state index in [1.165, 1.54) is 7.11 Å². The molecule has 0 saturated carbocycles. The van der Waals surface area contributed by atoms with Gasteiger partial charge in [-0.3, -0.25) is 4.99 Å². The van der Waals surface area contributed by atoms with Gasteiger partial charge in [0.15, 0.2) is 0 Å². The van der Waals surface area contributed by atoms with Crippen molar-refractivity contribution in [1.29, 1.82) is 0 Å². The van der Waals surface area contributed by atoms with E-state index in [9.17, 15) is 4.79 Å². The van der Waals surface area contributed by atoms with E-state index in [0.717, 1.165) is 0 Å². The van der Waals surface area contributed by atoms with Gasteiger partial charge in [-0.25, -0.2) is 4.79 Å². The molecule has 0 aromatic rings. The first kappa shape index (κ1) is 9.88. The molecule has 0 aliphatic carbocycles. The second-order valence-corrected chi connectivity index (χ2v) is 2.09. The monoisotopic (exact) mass is 155 g/mol. The molecule has 62 valence electrons. The van der Waals surface area contributed by atoms with Gasteiger partial charge in [0, 0.05) is 11.9 Å². The molecule has 0 heterocycles. The molecule has 3 heteroatoms. The van der Waals surface area contributed by atoms with Crippen molar-refractivity contribution in [1.82, 2.24) is 0 Å². The quantitative estimate of drug-likeness (QED) is 0.344. The smallest absolute Gasteiger partial charge is 0.335 e. The molecule has 0 unspecified atom stereocenters. The molecular formula is C8H13NO2. The summed E-state index contributed by atoms with van der Waals surface area (Å²) >= 11 is 0. The highest BCUT2D eigenvalue weighted by Crippen LogP contribution is 2.05. The molecular weight excluding hydrogens is 142 g/mol. The van der Waals surface area contributed by atoms with Gasteiger partial charge in [-0.15, -0.1) is 0 Å². The summed E-state index contributed by atoms with van der Waals surface area (Å²) in [4.78, 5) is 14.8.